The highest BCUT2D eigenvalue weighted by Gasteiger charge is 2.27. The Morgan fingerprint density at radius 2 is 1.83 bits per heavy atom. The molecule has 0 saturated heterocycles. The van der Waals surface area contributed by atoms with E-state index in [-0.39, 0.29) is 18.9 Å². The van der Waals surface area contributed by atoms with Crippen molar-refractivity contribution in [1.82, 2.24) is 16.0 Å². The highest BCUT2D eigenvalue weighted by molar-refractivity contribution is 5.77. The van der Waals surface area contributed by atoms with Gasteiger partial charge in [0.2, 0.25) is 5.91 Å². The summed E-state index contributed by atoms with van der Waals surface area (Å²) >= 11 is 0. The number of carbonyl (C=O) groups is 2. The van der Waals surface area contributed by atoms with Gasteiger partial charge in [-0.3, -0.25) is 4.79 Å². The quantitative estimate of drug-likeness (QED) is 0.626. The molecule has 8 heteroatoms. The molecule has 3 amide bonds. The smallest absolute Gasteiger partial charge is 0.353 e. The summed E-state index contributed by atoms with van der Waals surface area (Å²) in [6.07, 6.45) is -1.75. The second-order valence-electron chi connectivity index (χ2n) is 4.17. The maximum Gasteiger partial charge on any atom is 0.405 e. The van der Waals surface area contributed by atoms with E-state index in [1.807, 2.05) is 0 Å². The van der Waals surface area contributed by atoms with Crippen molar-refractivity contribution in [2.45, 2.75) is 37.9 Å². The van der Waals surface area contributed by atoms with E-state index >= 15 is 0 Å². The van der Waals surface area contributed by atoms with E-state index in [4.69, 9.17) is 0 Å². The molecule has 1 fully saturated rings. The molecule has 0 spiro atoms. The summed E-state index contributed by atoms with van der Waals surface area (Å²) in [6, 6.07) is -0.588. The molecule has 0 aromatic carbocycles. The van der Waals surface area contributed by atoms with E-state index in [1.54, 1.807) is 5.32 Å². The fraction of sp³-hybridized carbons (Fsp3) is 0.800. The monoisotopic (exact) mass is 267 g/mol. The summed E-state index contributed by atoms with van der Waals surface area (Å²) in [7, 11) is 0. The van der Waals surface area contributed by atoms with Gasteiger partial charge in [0.25, 0.3) is 0 Å². The van der Waals surface area contributed by atoms with Gasteiger partial charge >= 0.3 is 12.2 Å². The number of carbonyl (C=O) groups excluding carboxylic acids is 2. The Morgan fingerprint density at radius 1 is 1.17 bits per heavy atom. The summed E-state index contributed by atoms with van der Waals surface area (Å²) in [6.45, 7) is -1.19. The van der Waals surface area contributed by atoms with Crippen LogP contribution in [-0.2, 0) is 4.79 Å². The fourth-order valence-corrected chi connectivity index (χ4v) is 1.22. The molecule has 3 N–H and O–H groups in total. The lowest BCUT2D eigenvalue weighted by atomic mass is 10.3. The normalized spacial score (nSPS) is 15.1. The molecular formula is C10H16F3N3O2. The summed E-state index contributed by atoms with van der Waals surface area (Å²) in [4.78, 5) is 22.1. The van der Waals surface area contributed by atoms with Gasteiger partial charge in [-0.05, 0) is 19.3 Å². The maximum atomic E-state index is 11.7. The summed E-state index contributed by atoms with van der Waals surface area (Å²) < 4.78 is 35.2. The number of hydrogen-bond acceptors (Lipinski definition) is 2. The van der Waals surface area contributed by atoms with Crippen molar-refractivity contribution in [1.29, 1.82) is 0 Å². The molecule has 5 nitrogen and oxygen atoms in total. The Morgan fingerprint density at radius 3 is 2.39 bits per heavy atom. The minimum absolute atomic E-state index is 0.0880. The molecule has 18 heavy (non-hydrogen) atoms. The molecule has 0 aromatic rings. The van der Waals surface area contributed by atoms with Gasteiger partial charge in [0, 0.05) is 19.0 Å². The van der Waals surface area contributed by atoms with Crippen molar-refractivity contribution in [2.24, 2.45) is 0 Å². The molecule has 0 atom stereocenters. The summed E-state index contributed by atoms with van der Waals surface area (Å²) in [5.41, 5.74) is 0. The van der Waals surface area contributed by atoms with Crippen LogP contribution < -0.4 is 16.0 Å². The molecule has 1 aliphatic rings. The summed E-state index contributed by atoms with van der Waals surface area (Å²) in [5, 5.41) is 6.70. The van der Waals surface area contributed by atoms with Crippen LogP contribution in [-0.4, -0.2) is 37.2 Å². The van der Waals surface area contributed by atoms with Crippen molar-refractivity contribution in [3.8, 4) is 0 Å². The standard InChI is InChI=1S/C10H16F3N3O2/c11-10(12,13)6-15-9(18)14-5-1-2-8(17)16-7-3-4-7/h7H,1-6H2,(H,16,17)(H2,14,15,18). The maximum absolute atomic E-state index is 11.7. The second kappa shape index (κ2) is 6.46. The Bertz CT molecular complexity index is 303. The van der Waals surface area contributed by atoms with Crippen LogP contribution in [0.15, 0.2) is 0 Å². The fourth-order valence-electron chi connectivity index (χ4n) is 1.22. The average Bonchev–Trinajstić information content (AvgIpc) is 3.04. The van der Waals surface area contributed by atoms with Crippen LogP contribution in [0, 0.1) is 0 Å². The third-order valence-electron chi connectivity index (χ3n) is 2.26. The van der Waals surface area contributed by atoms with Gasteiger partial charge in [0.05, 0.1) is 0 Å². The van der Waals surface area contributed by atoms with E-state index in [2.05, 4.69) is 10.6 Å². The zero-order valence-electron chi connectivity index (χ0n) is 9.77. The number of rotatable bonds is 6. The van der Waals surface area contributed by atoms with Crippen molar-refractivity contribution in [2.75, 3.05) is 13.1 Å². The lowest BCUT2D eigenvalue weighted by molar-refractivity contribution is -0.123. The predicted octanol–water partition coefficient (Wildman–Crippen LogP) is 0.907. The Kier molecular flexibility index (Phi) is 5.24. The molecule has 0 radical (unpaired) electrons. The number of alkyl halides is 3. The molecule has 0 aromatic heterocycles. The predicted molar refractivity (Wildman–Crippen MR) is 57.9 cm³/mol. The van der Waals surface area contributed by atoms with Gasteiger partial charge < -0.3 is 16.0 Å². The number of amides is 3. The SMILES string of the molecule is O=C(CCCNC(=O)NCC(F)(F)F)NC1CC1. The van der Waals surface area contributed by atoms with E-state index in [0.717, 1.165) is 12.8 Å². The summed E-state index contributed by atoms with van der Waals surface area (Å²) in [5.74, 6) is -0.0880. The van der Waals surface area contributed by atoms with Gasteiger partial charge in [0.15, 0.2) is 0 Å². The van der Waals surface area contributed by atoms with Crippen molar-refractivity contribution < 1.29 is 22.8 Å². The van der Waals surface area contributed by atoms with Crippen molar-refractivity contribution in [3.05, 3.63) is 0 Å². The van der Waals surface area contributed by atoms with Crippen molar-refractivity contribution in [3.63, 3.8) is 0 Å². The third-order valence-corrected chi connectivity index (χ3v) is 2.26. The highest BCUT2D eigenvalue weighted by Crippen LogP contribution is 2.18. The van der Waals surface area contributed by atoms with Crippen molar-refractivity contribution >= 4 is 11.9 Å². The van der Waals surface area contributed by atoms with E-state index < -0.39 is 18.8 Å². The van der Waals surface area contributed by atoms with Gasteiger partial charge in [-0.1, -0.05) is 0 Å². The van der Waals surface area contributed by atoms with E-state index in [0.29, 0.717) is 12.5 Å². The van der Waals surface area contributed by atoms with Gasteiger partial charge in [-0.2, -0.15) is 13.2 Å². The average molecular weight is 267 g/mol. The first-order chi connectivity index (χ1) is 8.37. The molecule has 0 bridgehead atoms. The number of urea groups is 1. The van der Waals surface area contributed by atoms with Crippen LogP contribution in [0.25, 0.3) is 0 Å². The first-order valence-electron chi connectivity index (χ1n) is 5.74. The zero-order valence-corrected chi connectivity index (χ0v) is 9.77. The van der Waals surface area contributed by atoms with Crippen LogP contribution in [0.1, 0.15) is 25.7 Å². The second-order valence-corrected chi connectivity index (χ2v) is 4.17. The number of hydrogen-bond donors (Lipinski definition) is 3. The van der Waals surface area contributed by atoms with Gasteiger partial charge in [-0.15, -0.1) is 0 Å². The molecule has 0 heterocycles. The molecule has 0 unspecified atom stereocenters. The van der Waals surface area contributed by atoms with Crippen LogP contribution in [0.3, 0.4) is 0 Å². The largest absolute Gasteiger partial charge is 0.405 e. The molecule has 0 aliphatic heterocycles. The highest BCUT2D eigenvalue weighted by atomic mass is 19.4. The number of halogens is 3. The lowest BCUT2D eigenvalue weighted by Gasteiger charge is -2.09. The third kappa shape index (κ3) is 7.75. The van der Waals surface area contributed by atoms with Crippen LogP contribution >= 0.6 is 0 Å². The van der Waals surface area contributed by atoms with Crippen LogP contribution in [0.4, 0.5) is 18.0 Å². The van der Waals surface area contributed by atoms with E-state index in [1.165, 1.54) is 0 Å². The first-order valence-corrected chi connectivity index (χ1v) is 5.74. The van der Waals surface area contributed by atoms with Gasteiger partial charge in [-0.25, -0.2) is 4.79 Å². The van der Waals surface area contributed by atoms with Gasteiger partial charge in [0.1, 0.15) is 6.54 Å². The minimum Gasteiger partial charge on any atom is -0.353 e. The topological polar surface area (TPSA) is 70.2 Å². The molecule has 104 valence electrons. The molecule has 1 saturated carbocycles. The molecular weight excluding hydrogens is 251 g/mol. The van der Waals surface area contributed by atoms with Crippen LogP contribution in [0.2, 0.25) is 0 Å². The Hall–Kier alpha value is -1.47. The number of nitrogens with one attached hydrogen (secondary N) is 3. The lowest BCUT2D eigenvalue weighted by Crippen LogP contribution is -2.41. The molecule has 1 aliphatic carbocycles. The minimum atomic E-state index is -4.42. The van der Waals surface area contributed by atoms with E-state index in [9.17, 15) is 22.8 Å². The van der Waals surface area contributed by atoms with Crippen LogP contribution in [0.5, 0.6) is 0 Å². The molecule has 1 rings (SSSR count). The zero-order chi connectivity index (χ0) is 13.6. The first kappa shape index (κ1) is 14.6. The Balaban J connectivity index is 1.96. The Labute approximate surface area is 102 Å².